The van der Waals surface area contributed by atoms with E-state index in [9.17, 15) is 4.79 Å². The minimum atomic E-state index is -0.934. The summed E-state index contributed by atoms with van der Waals surface area (Å²) < 4.78 is 0. The standard InChI is InChI=1S/C12H13N3O2S/c1-2-3-9-6-8(11(16)17)7-10(15-9)18-12-13-4-5-14-12/h4-7H,2-3H2,1H3,(H,13,14)(H,16,17). The molecule has 0 saturated heterocycles. The van der Waals surface area contributed by atoms with Gasteiger partial charge in [-0.15, -0.1) is 0 Å². The van der Waals surface area contributed by atoms with Crippen molar-refractivity contribution in [2.75, 3.05) is 0 Å². The van der Waals surface area contributed by atoms with Crippen molar-refractivity contribution in [2.45, 2.75) is 29.9 Å². The van der Waals surface area contributed by atoms with Crippen LogP contribution in [0.5, 0.6) is 0 Å². The predicted molar refractivity (Wildman–Crippen MR) is 67.9 cm³/mol. The molecule has 94 valence electrons. The van der Waals surface area contributed by atoms with Crippen molar-refractivity contribution in [3.63, 3.8) is 0 Å². The molecule has 2 rings (SSSR count). The second-order valence-corrected chi connectivity index (χ2v) is 4.75. The molecule has 0 aromatic carbocycles. The van der Waals surface area contributed by atoms with Gasteiger partial charge in [0.25, 0.3) is 0 Å². The number of hydrogen-bond acceptors (Lipinski definition) is 4. The monoisotopic (exact) mass is 263 g/mol. The Bertz CT molecular complexity index is 540. The number of pyridine rings is 1. The zero-order valence-electron chi connectivity index (χ0n) is 9.88. The highest BCUT2D eigenvalue weighted by Gasteiger charge is 2.10. The van der Waals surface area contributed by atoms with E-state index in [0.29, 0.717) is 10.2 Å². The van der Waals surface area contributed by atoms with Gasteiger partial charge in [0.15, 0.2) is 5.16 Å². The van der Waals surface area contributed by atoms with E-state index in [4.69, 9.17) is 5.11 Å². The molecule has 2 heterocycles. The number of aromatic carboxylic acids is 1. The fourth-order valence-corrected chi connectivity index (χ4v) is 2.31. The fourth-order valence-electron chi connectivity index (χ4n) is 1.53. The molecule has 2 aromatic rings. The van der Waals surface area contributed by atoms with Gasteiger partial charge >= 0.3 is 5.97 Å². The van der Waals surface area contributed by atoms with Gasteiger partial charge < -0.3 is 10.1 Å². The van der Waals surface area contributed by atoms with Gasteiger partial charge in [0, 0.05) is 18.1 Å². The van der Waals surface area contributed by atoms with Gasteiger partial charge in [0.2, 0.25) is 0 Å². The second kappa shape index (κ2) is 5.68. The van der Waals surface area contributed by atoms with E-state index in [1.165, 1.54) is 11.8 Å². The van der Waals surface area contributed by atoms with Crippen molar-refractivity contribution in [3.8, 4) is 0 Å². The molecule has 0 bridgehead atoms. The van der Waals surface area contributed by atoms with E-state index >= 15 is 0 Å². The van der Waals surface area contributed by atoms with Crippen molar-refractivity contribution in [2.24, 2.45) is 0 Å². The molecule has 2 N–H and O–H groups in total. The van der Waals surface area contributed by atoms with E-state index in [0.717, 1.165) is 18.5 Å². The highest BCUT2D eigenvalue weighted by Crippen LogP contribution is 2.24. The Hall–Kier alpha value is -1.82. The Balaban J connectivity index is 2.30. The largest absolute Gasteiger partial charge is 0.478 e. The molecule has 2 aromatic heterocycles. The zero-order chi connectivity index (χ0) is 13.0. The average Bonchev–Trinajstić information content (AvgIpc) is 2.82. The summed E-state index contributed by atoms with van der Waals surface area (Å²) in [6, 6.07) is 3.19. The van der Waals surface area contributed by atoms with Crippen LogP contribution >= 0.6 is 11.8 Å². The van der Waals surface area contributed by atoms with Crippen LogP contribution in [0.3, 0.4) is 0 Å². The number of H-pyrrole nitrogens is 1. The maximum Gasteiger partial charge on any atom is 0.335 e. The predicted octanol–water partition coefficient (Wildman–Crippen LogP) is 2.61. The summed E-state index contributed by atoms with van der Waals surface area (Å²) in [5, 5.41) is 10.4. The summed E-state index contributed by atoms with van der Waals surface area (Å²) >= 11 is 1.32. The average molecular weight is 263 g/mol. The van der Waals surface area contributed by atoms with Crippen molar-refractivity contribution >= 4 is 17.7 Å². The van der Waals surface area contributed by atoms with Crippen LogP contribution in [0.1, 0.15) is 29.4 Å². The van der Waals surface area contributed by atoms with Crippen LogP contribution in [-0.4, -0.2) is 26.0 Å². The molecule has 0 aliphatic heterocycles. The lowest BCUT2D eigenvalue weighted by molar-refractivity contribution is 0.0696. The smallest absolute Gasteiger partial charge is 0.335 e. The number of hydrogen-bond donors (Lipinski definition) is 2. The maximum absolute atomic E-state index is 11.1. The third-order valence-corrected chi connectivity index (χ3v) is 3.12. The molecule has 18 heavy (non-hydrogen) atoms. The lowest BCUT2D eigenvalue weighted by atomic mass is 10.2. The van der Waals surface area contributed by atoms with Crippen LogP contribution in [0.15, 0.2) is 34.7 Å². The summed E-state index contributed by atoms with van der Waals surface area (Å²) in [5.74, 6) is -0.934. The molecule has 0 aliphatic rings. The number of aromatic amines is 1. The quantitative estimate of drug-likeness (QED) is 0.866. The Kier molecular flexibility index (Phi) is 3.99. The number of aryl methyl sites for hydroxylation is 1. The third-order valence-electron chi connectivity index (χ3n) is 2.28. The first kappa shape index (κ1) is 12.6. The van der Waals surface area contributed by atoms with Crippen LogP contribution in [0, 0.1) is 0 Å². The number of nitrogens with one attached hydrogen (secondary N) is 1. The van der Waals surface area contributed by atoms with Crippen molar-refractivity contribution < 1.29 is 9.90 Å². The number of carbonyl (C=O) groups is 1. The van der Waals surface area contributed by atoms with E-state index in [-0.39, 0.29) is 5.56 Å². The molecular formula is C12H13N3O2S. The molecule has 0 unspecified atom stereocenters. The first-order valence-electron chi connectivity index (χ1n) is 5.60. The Morgan fingerprint density at radius 1 is 1.50 bits per heavy atom. The van der Waals surface area contributed by atoms with Crippen LogP contribution in [0.4, 0.5) is 0 Å². The highest BCUT2D eigenvalue weighted by molar-refractivity contribution is 7.99. The summed E-state index contributed by atoms with van der Waals surface area (Å²) in [4.78, 5) is 22.5. The van der Waals surface area contributed by atoms with Gasteiger partial charge in [-0.3, -0.25) is 0 Å². The number of rotatable bonds is 5. The SMILES string of the molecule is CCCc1cc(C(=O)O)cc(Sc2ncc[nH]2)n1. The summed E-state index contributed by atoms with van der Waals surface area (Å²) in [6.07, 6.45) is 5.07. The highest BCUT2D eigenvalue weighted by atomic mass is 32.2. The number of imidazole rings is 1. The molecule has 5 nitrogen and oxygen atoms in total. The van der Waals surface area contributed by atoms with Gasteiger partial charge in [-0.1, -0.05) is 13.3 Å². The number of nitrogens with zero attached hydrogens (tertiary/aromatic N) is 2. The van der Waals surface area contributed by atoms with Crippen LogP contribution in [0.2, 0.25) is 0 Å². The molecule has 0 spiro atoms. The summed E-state index contributed by atoms with van der Waals surface area (Å²) in [5.41, 5.74) is 1.06. The second-order valence-electron chi connectivity index (χ2n) is 3.74. The molecular weight excluding hydrogens is 250 g/mol. The fraction of sp³-hybridized carbons (Fsp3) is 0.250. The van der Waals surface area contributed by atoms with Crippen LogP contribution in [0.25, 0.3) is 0 Å². The Labute approximate surface area is 109 Å². The first-order valence-corrected chi connectivity index (χ1v) is 6.42. The summed E-state index contributed by atoms with van der Waals surface area (Å²) in [7, 11) is 0. The van der Waals surface area contributed by atoms with Gasteiger partial charge in [-0.05, 0) is 30.3 Å². The van der Waals surface area contributed by atoms with Crippen LogP contribution in [-0.2, 0) is 6.42 Å². The first-order chi connectivity index (χ1) is 8.69. The molecule has 0 amide bonds. The Morgan fingerprint density at radius 3 is 2.94 bits per heavy atom. The molecule has 0 saturated carbocycles. The van der Waals surface area contributed by atoms with E-state index in [2.05, 4.69) is 15.0 Å². The minimum absolute atomic E-state index is 0.266. The lowest BCUT2D eigenvalue weighted by Gasteiger charge is -2.04. The van der Waals surface area contributed by atoms with Gasteiger partial charge in [0.05, 0.1) is 5.56 Å². The van der Waals surface area contributed by atoms with Gasteiger partial charge in [0.1, 0.15) is 5.03 Å². The normalized spacial score (nSPS) is 10.5. The topological polar surface area (TPSA) is 78.9 Å². The maximum atomic E-state index is 11.1. The molecule has 0 aliphatic carbocycles. The summed E-state index contributed by atoms with van der Waals surface area (Å²) in [6.45, 7) is 2.04. The minimum Gasteiger partial charge on any atom is -0.478 e. The van der Waals surface area contributed by atoms with Crippen molar-refractivity contribution in [1.82, 2.24) is 15.0 Å². The van der Waals surface area contributed by atoms with Crippen LogP contribution < -0.4 is 0 Å². The van der Waals surface area contributed by atoms with Gasteiger partial charge in [-0.25, -0.2) is 14.8 Å². The molecule has 0 radical (unpaired) electrons. The lowest BCUT2D eigenvalue weighted by Crippen LogP contribution is -2.01. The third kappa shape index (κ3) is 3.10. The van der Waals surface area contributed by atoms with Crippen molar-refractivity contribution in [3.05, 3.63) is 35.8 Å². The number of carboxylic acid groups (broad SMARTS) is 1. The number of aromatic nitrogens is 3. The van der Waals surface area contributed by atoms with E-state index in [1.54, 1.807) is 24.5 Å². The van der Waals surface area contributed by atoms with Crippen molar-refractivity contribution in [1.29, 1.82) is 0 Å². The Morgan fingerprint density at radius 2 is 2.33 bits per heavy atom. The molecule has 0 fully saturated rings. The number of carboxylic acids is 1. The molecule has 0 atom stereocenters. The zero-order valence-corrected chi connectivity index (χ0v) is 10.7. The van der Waals surface area contributed by atoms with Gasteiger partial charge in [-0.2, -0.15) is 0 Å². The molecule has 6 heteroatoms. The van der Waals surface area contributed by atoms with E-state index in [1.807, 2.05) is 6.92 Å². The van der Waals surface area contributed by atoms with E-state index < -0.39 is 5.97 Å².